The molecule has 0 aliphatic carbocycles. The third-order valence-electron chi connectivity index (χ3n) is 4.10. The minimum absolute atomic E-state index is 0.994. The lowest BCUT2D eigenvalue weighted by molar-refractivity contribution is 0.909. The fraction of sp³-hybridized carbons (Fsp3) is 0.143. The first-order valence-corrected chi connectivity index (χ1v) is 8.00. The monoisotopic (exact) mass is 315 g/mol. The lowest BCUT2D eigenvalue weighted by atomic mass is 10.2. The molecule has 3 aromatic rings. The molecule has 0 amide bonds. The summed E-state index contributed by atoms with van der Waals surface area (Å²) in [7, 11) is 2.03. The zero-order chi connectivity index (χ0) is 16.9. The van der Waals surface area contributed by atoms with E-state index in [0.29, 0.717) is 0 Å². The van der Waals surface area contributed by atoms with Crippen LogP contribution in [0.4, 0.5) is 11.4 Å². The van der Waals surface area contributed by atoms with Gasteiger partial charge in [-0.1, -0.05) is 36.4 Å². The van der Waals surface area contributed by atoms with Crippen LogP contribution in [0.2, 0.25) is 0 Å². The van der Waals surface area contributed by atoms with E-state index in [0.717, 1.165) is 22.8 Å². The van der Waals surface area contributed by atoms with Crippen LogP contribution in [0, 0.1) is 13.8 Å². The molecule has 24 heavy (non-hydrogen) atoms. The van der Waals surface area contributed by atoms with Gasteiger partial charge in [-0.25, -0.2) is 0 Å². The Labute approximate surface area is 143 Å². The Balaban J connectivity index is 1.82. The van der Waals surface area contributed by atoms with E-state index in [-0.39, 0.29) is 0 Å². The van der Waals surface area contributed by atoms with Gasteiger partial charge >= 0.3 is 0 Å². The van der Waals surface area contributed by atoms with Crippen molar-refractivity contribution in [2.75, 3.05) is 0 Å². The van der Waals surface area contributed by atoms with Crippen LogP contribution >= 0.6 is 0 Å². The van der Waals surface area contributed by atoms with Crippen molar-refractivity contribution in [2.45, 2.75) is 13.8 Å². The maximum absolute atomic E-state index is 4.59. The fourth-order valence-electron chi connectivity index (χ4n) is 2.49. The highest BCUT2D eigenvalue weighted by atomic mass is 15.0. The van der Waals surface area contributed by atoms with E-state index in [1.165, 1.54) is 11.1 Å². The van der Waals surface area contributed by atoms with E-state index < -0.39 is 0 Å². The van der Waals surface area contributed by atoms with Crippen molar-refractivity contribution < 1.29 is 0 Å². The van der Waals surface area contributed by atoms with Crippen molar-refractivity contribution >= 4 is 23.8 Å². The topological polar surface area (TPSA) is 29.6 Å². The maximum atomic E-state index is 4.59. The molecule has 120 valence electrons. The average Bonchev–Trinajstić information content (AvgIpc) is 2.94. The molecule has 0 spiro atoms. The van der Waals surface area contributed by atoms with E-state index in [9.17, 15) is 0 Å². The SMILES string of the molecule is Cc1ccccc1N=Cc1ccc(C=Nc2ccccc2C)n1C. The van der Waals surface area contributed by atoms with Crippen LogP contribution in [0.1, 0.15) is 22.5 Å². The van der Waals surface area contributed by atoms with Gasteiger partial charge in [-0.15, -0.1) is 0 Å². The molecule has 3 heteroatoms. The van der Waals surface area contributed by atoms with Gasteiger partial charge in [0.2, 0.25) is 0 Å². The summed E-state index contributed by atoms with van der Waals surface area (Å²) < 4.78 is 2.09. The van der Waals surface area contributed by atoms with Gasteiger partial charge in [0, 0.05) is 7.05 Å². The molecule has 0 aliphatic rings. The predicted molar refractivity (Wildman–Crippen MR) is 102 cm³/mol. The van der Waals surface area contributed by atoms with Gasteiger partial charge in [-0.2, -0.15) is 0 Å². The number of benzene rings is 2. The number of hydrogen-bond acceptors (Lipinski definition) is 2. The summed E-state index contributed by atoms with van der Waals surface area (Å²) in [6, 6.07) is 20.4. The highest BCUT2D eigenvalue weighted by Crippen LogP contribution is 2.18. The van der Waals surface area contributed by atoms with Crippen molar-refractivity contribution in [3.63, 3.8) is 0 Å². The molecular weight excluding hydrogens is 294 g/mol. The van der Waals surface area contributed by atoms with Gasteiger partial charge < -0.3 is 4.57 Å². The molecule has 0 radical (unpaired) electrons. The normalized spacial score (nSPS) is 11.6. The molecule has 3 rings (SSSR count). The van der Waals surface area contributed by atoms with Crippen LogP contribution in [0.25, 0.3) is 0 Å². The van der Waals surface area contributed by atoms with Gasteiger partial charge in [-0.05, 0) is 49.2 Å². The van der Waals surface area contributed by atoms with E-state index in [1.54, 1.807) is 0 Å². The minimum atomic E-state index is 0.994. The lowest BCUT2D eigenvalue weighted by Gasteiger charge is -2.02. The minimum Gasteiger partial charge on any atom is -0.342 e. The van der Waals surface area contributed by atoms with E-state index in [2.05, 4.69) is 52.7 Å². The van der Waals surface area contributed by atoms with Crippen molar-refractivity contribution in [1.29, 1.82) is 0 Å². The first kappa shape index (κ1) is 15.9. The number of para-hydroxylation sites is 2. The zero-order valence-corrected chi connectivity index (χ0v) is 14.3. The number of hydrogen-bond donors (Lipinski definition) is 0. The smallest absolute Gasteiger partial charge is 0.0659 e. The maximum Gasteiger partial charge on any atom is 0.0659 e. The molecule has 0 bridgehead atoms. The number of aliphatic imine (C=N–C) groups is 2. The largest absolute Gasteiger partial charge is 0.342 e. The molecule has 0 saturated heterocycles. The molecule has 0 saturated carbocycles. The highest BCUT2D eigenvalue weighted by molar-refractivity contribution is 5.86. The highest BCUT2D eigenvalue weighted by Gasteiger charge is 2.01. The summed E-state index contributed by atoms with van der Waals surface area (Å²) >= 11 is 0. The molecule has 0 unspecified atom stereocenters. The van der Waals surface area contributed by atoms with Crippen LogP contribution in [0.15, 0.2) is 70.6 Å². The Morgan fingerprint density at radius 1 is 0.667 bits per heavy atom. The quantitative estimate of drug-likeness (QED) is 0.596. The van der Waals surface area contributed by atoms with Crippen molar-refractivity contribution in [3.8, 4) is 0 Å². The van der Waals surface area contributed by atoms with Crippen LogP contribution < -0.4 is 0 Å². The summed E-state index contributed by atoms with van der Waals surface area (Å²) in [6.45, 7) is 4.13. The van der Waals surface area contributed by atoms with Crippen LogP contribution in [0.3, 0.4) is 0 Å². The van der Waals surface area contributed by atoms with E-state index in [4.69, 9.17) is 0 Å². The van der Waals surface area contributed by atoms with Gasteiger partial charge in [0.25, 0.3) is 0 Å². The Hall–Kier alpha value is -2.94. The fourth-order valence-corrected chi connectivity index (χ4v) is 2.49. The first-order chi connectivity index (χ1) is 11.6. The van der Waals surface area contributed by atoms with Gasteiger partial charge in [0.05, 0.1) is 35.2 Å². The molecule has 0 atom stereocenters. The summed E-state index contributed by atoms with van der Waals surface area (Å²) in [5.41, 5.74) is 6.42. The first-order valence-electron chi connectivity index (χ1n) is 8.00. The van der Waals surface area contributed by atoms with Crippen LogP contribution in [0.5, 0.6) is 0 Å². The second-order valence-electron chi connectivity index (χ2n) is 5.83. The second kappa shape index (κ2) is 7.09. The van der Waals surface area contributed by atoms with Crippen LogP contribution in [-0.2, 0) is 7.05 Å². The van der Waals surface area contributed by atoms with Gasteiger partial charge in [-0.3, -0.25) is 9.98 Å². The summed E-state index contributed by atoms with van der Waals surface area (Å²) in [4.78, 5) is 9.18. The van der Waals surface area contributed by atoms with E-state index >= 15 is 0 Å². The molecule has 0 N–H and O–H groups in total. The Kier molecular flexibility index (Phi) is 4.71. The molecule has 0 fully saturated rings. The third-order valence-corrected chi connectivity index (χ3v) is 4.10. The molecular formula is C21H21N3. The third kappa shape index (κ3) is 3.51. The van der Waals surface area contributed by atoms with Crippen molar-refractivity contribution in [3.05, 3.63) is 83.2 Å². The lowest BCUT2D eigenvalue weighted by Crippen LogP contribution is -1.99. The summed E-state index contributed by atoms with van der Waals surface area (Å²) in [5, 5.41) is 0. The summed E-state index contributed by atoms with van der Waals surface area (Å²) in [6.07, 6.45) is 3.79. The standard InChI is InChI=1S/C21H21N3/c1-16-8-4-6-10-20(16)22-14-18-12-13-19(24(18)3)15-23-21-11-7-5-9-17(21)2/h4-15H,1-3H3. The molecule has 1 aromatic heterocycles. The zero-order valence-electron chi connectivity index (χ0n) is 14.3. The van der Waals surface area contributed by atoms with Gasteiger partial charge in [0.1, 0.15) is 0 Å². The Morgan fingerprint density at radius 3 is 1.50 bits per heavy atom. The van der Waals surface area contributed by atoms with Crippen molar-refractivity contribution in [1.82, 2.24) is 4.57 Å². The average molecular weight is 315 g/mol. The second-order valence-corrected chi connectivity index (χ2v) is 5.83. The van der Waals surface area contributed by atoms with Gasteiger partial charge in [0.15, 0.2) is 0 Å². The molecule has 3 nitrogen and oxygen atoms in total. The van der Waals surface area contributed by atoms with E-state index in [1.807, 2.05) is 55.9 Å². The molecule has 1 heterocycles. The number of nitrogens with zero attached hydrogens (tertiary/aromatic N) is 3. The Bertz CT molecular complexity index is 828. The molecule has 2 aromatic carbocycles. The van der Waals surface area contributed by atoms with Crippen molar-refractivity contribution in [2.24, 2.45) is 17.0 Å². The Morgan fingerprint density at radius 2 is 1.08 bits per heavy atom. The molecule has 0 aliphatic heterocycles. The number of aryl methyl sites for hydroxylation is 2. The number of aromatic nitrogens is 1. The summed E-state index contributed by atoms with van der Waals surface area (Å²) in [5.74, 6) is 0. The van der Waals surface area contributed by atoms with Crippen LogP contribution in [-0.4, -0.2) is 17.0 Å². The number of rotatable bonds is 4. The predicted octanol–water partition coefficient (Wildman–Crippen LogP) is 5.14.